The molecule has 0 radical (unpaired) electrons. The van der Waals surface area contributed by atoms with Crippen LogP contribution in [-0.4, -0.2) is 25.6 Å². The maximum Gasteiger partial charge on any atom is 0.422 e. The third kappa shape index (κ3) is 8.36. The summed E-state index contributed by atoms with van der Waals surface area (Å²) in [6, 6.07) is 3.34. The molecule has 0 aliphatic carbocycles. The molecule has 0 aliphatic heterocycles. The second kappa shape index (κ2) is 7.99. The highest BCUT2D eigenvalue weighted by Gasteiger charge is 2.29. The molecule has 1 rings (SSSR count). The van der Waals surface area contributed by atoms with Gasteiger partial charge in [-0.3, -0.25) is 0 Å². The Hall–Kier alpha value is -2.30. The van der Waals surface area contributed by atoms with E-state index >= 15 is 0 Å². The largest absolute Gasteiger partial charge is 0.484 e. The molecule has 0 aliphatic rings. The second-order valence-electron chi connectivity index (χ2n) is 4.72. The number of ether oxygens (including phenoxy) is 2. The first-order valence-electron chi connectivity index (χ1n) is 6.67. The number of rotatable bonds is 4. The summed E-state index contributed by atoms with van der Waals surface area (Å²) in [6.45, 7) is 0.301. The average Bonchev–Trinajstić information content (AvgIpc) is 2.47. The Kier molecular flexibility index (Phi) is 6.58. The predicted molar refractivity (Wildman–Crippen MR) is 75.9 cm³/mol. The van der Waals surface area contributed by atoms with E-state index in [2.05, 4.69) is 21.3 Å². The maximum atomic E-state index is 12.2. The van der Waals surface area contributed by atoms with E-state index in [0.717, 1.165) is 6.07 Å². The summed E-state index contributed by atoms with van der Waals surface area (Å²) in [7, 11) is 0. The van der Waals surface area contributed by atoms with Gasteiger partial charge in [0.15, 0.2) is 13.2 Å². The summed E-state index contributed by atoms with van der Waals surface area (Å²) < 4.78 is 82.3. The monoisotopic (exact) mass is 352 g/mol. The maximum absolute atomic E-state index is 12.2. The third-order valence-corrected chi connectivity index (χ3v) is 2.52. The van der Waals surface area contributed by atoms with E-state index < -0.39 is 25.6 Å². The molecule has 8 heteroatoms. The van der Waals surface area contributed by atoms with Crippen LogP contribution in [0, 0.1) is 11.8 Å². The van der Waals surface area contributed by atoms with Crippen molar-refractivity contribution in [1.82, 2.24) is 0 Å². The van der Waals surface area contributed by atoms with Crippen LogP contribution in [0.25, 0.3) is 0 Å². The smallest absolute Gasteiger partial charge is 0.422 e. The van der Waals surface area contributed by atoms with Crippen LogP contribution in [0.1, 0.15) is 19.4 Å². The van der Waals surface area contributed by atoms with Crippen LogP contribution in [-0.2, 0) is 0 Å². The summed E-state index contributed by atoms with van der Waals surface area (Å²) in [5.74, 6) is 4.77. The number of benzene rings is 1. The van der Waals surface area contributed by atoms with E-state index in [1.54, 1.807) is 19.9 Å². The Bertz CT molecular complexity index is 611. The average molecular weight is 352 g/mol. The molecule has 0 unspecified atom stereocenters. The van der Waals surface area contributed by atoms with Gasteiger partial charge in [0.25, 0.3) is 0 Å². The Morgan fingerprint density at radius 3 is 1.79 bits per heavy atom. The Morgan fingerprint density at radius 1 is 0.958 bits per heavy atom. The number of halogens is 6. The highest BCUT2D eigenvalue weighted by Crippen LogP contribution is 2.26. The van der Waals surface area contributed by atoms with E-state index in [-0.39, 0.29) is 17.1 Å². The van der Waals surface area contributed by atoms with Crippen molar-refractivity contribution in [2.75, 3.05) is 13.2 Å². The van der Waals surface area contributed by atoms with E-state index in [4.69, 9.17) is 0 Å². The number of hydrogen-bond acceptors (Lipinski definition) is 2. The normalized spacial score (nSPS) is 12.4. The molecule has 0 saturated carbocycles. The molecule has 0 fully saturated rings. The van der Waals surface area contributed by atoms with Crippen molar-refractivity contribution < 1.29 is 35.8 Å². The molecule has 132 valence electrons. The lowest BCUT2D eigenvalue weighted by Gasteiger charge is -2.13. The summed E-state index contributed by atoms with van der Waals surface area (Å²) in [5, 5.41) is 0. The van der Waals surface area contributed by atoms with Gasteiger partial charge in [-0.1, -0.05) is 17.9 Å². The highest BCUT2D eigenvalue weighted by molar-refractivity contribution is 5.48. The van der Waals surface area contributed by atoms with E-state index in [9.17, 15) is 26.3 Å². The van der Waals surface area contributed by atoms with Gasteiger partial charge < -0.3 is 9.47 Å². The molecule has 0 aromatic heterocycles. The third-order valence-electron chi connectivity index (χ3n) is 2.52. The fourth-order valence-electron chi connectivity index (χ4n) is 1.38. The number of alkyl halides is 6. The first kappa shape index (κ1) is 19.7. The predicted octanol–water partition coefficient (Wildman–Crippen LogP) is 4.89. The van der Waals surface area contributed by atoms with Crippen LogP contribution in [0.2, 0.25) is 0 Å². The molecule has 24 heavy (non-hydrogen) atoms. The highest BCUT2D eigenvalue weighted by atomic mass is 19.4. The minimum Gasteiger partial charge on any atom is -0.484 e. The molecular formula is C16H14F6O2. The zero-order valence-corrected chi connectivity index (χ0v) is 12.8. The molecule has 0 saturated heterocycles. The van der Waals surface area contributed by atoms with E-state index in [1.165, 1.54) is 12.1 Å². The van der Waals surface area contributed by atoms with Gasteiger partial charge in [-0.2, -0.15) is 26.3 Å². The van der Waals surface area contributed by atoms with Gasteiger partial charge in [-0.25, -0.2) is 0 Å². The van der Waals surface area contributed by atoms with Gasteiger partial charge in [-0.05, 0) is 31.6 Å². The van der Waals surface area contributed by atoms with Crippen molar-refractivity contribution in [3.05, 3.63) is 35.4 Å². The van der Waals surface area contributed by atoms with Crippen molar-refractivity contribution in [3.8, 4) is 23.3 Å². The second-order valence-corrected chi connectivity index (χ2v) is 4.72. The van der Waals surface area contributed by atoms with Gasteiger partial charge in [0.1, 0.15) is 11.5 Å². The number of allylic oxidation sites excluding steroid dienone is 2. The summed E-state index contributed by atoms with van der Waals surface area (Å²) in [6.07, 6.45) is -7.44. The van der Waals surface area contributed by atoms with Crippen LogP contribution in [0.4, 0.5) is 26.3 Å². The van der Waals surface area contributed by atoms with Gasteiger partial charge in [0, 0.05) is 11.6 Å². The molecule has 2 nitrogen and oxygen atoms in total. The molecule has 1 aromatic rings. The summed E-state index contributed by atoms with van der Waals surface area (Å²) in [5.41, 5.74) is 0.863. The molecule has 0 amide bonds. The van der Waals surface area contributed by atoms with E-state index in [0.29, 0.717) is 5.57 Å². The minimum atomic E-state index is -4.57. The lowest BCUT2D eigenvalue weighted by Crippen LogP contribution is -2.20. The first-order chi connectivity index (χ1) is 11.0. The Morgan fingerprint density at radius 2 is 1.42 bits per heavy atom. The molecule has 0 spiro atoms. The van der Waals surface area contributed by atoms with Gasteiger partial charge in [0.05, 0.1) is 0 Å². The molecule has 0 bridgehead atoms. The van der Waals surface area contributed by atoms with Crippen molar-refractivity contribution >= 4 is 0 Å². The fraction of sp³-hybridized carbons (Fsp3) is 0.375. The molecule has 1 aromatic carbocycles. The summed E-state index contributed by atoms with van der Waals surface area (Å²) in [4.78, 5) is 0. The van der Waals surface area contributed by atoms with Gasteiger partial charge in [-0.15, -0.1) is 0 Å². The van der Waals surface area contributed by atoms with Crippen LogP contribution in [0.15, 0.2) is 29.8 Å². The van der Waals surface area contributed by atoms with E-state index in [1.807, 2.05) is 0 Å². The van der Waals surface area contributed by atoms with Gasteiger partial charge in [0.2, 0.25) is 0 Å². The zero-order valence-electron chi connectivity index (χ0n) is 12.8. The van der Waals surface area contributed by atoms with Crippen LogP contribution < -0.4 is 9.47 Å². The molecule has 0 N–H and O–H groups in total. The zero-order chi connectivity index (χ0) is 18.4. The first-order valence-corrected chi connectivity index (χ1v) is 6.67. The van der Waals surface area contributed by atoms with Crippen LogP contribution in [0.3, 0.4) is 0 Å². The van der Waals surface area contributed by atoms with Crippen molar-refractivity contribution in [3.63, 3.8) is 0 Å². The molecule has 0 heterocycles. The van der Waals surface area contributed by atoms with Crippen LogP contribution in [0.5, 0.6) is 11.5 Å². The SMILES string of the molecule is CC=C(C)C#Cc1cc(OCC(F)(F)F)cc(OCC(F)(F)F)c1. The van der Waals surface area contributed by atoms with Crippen LogP contribution >= 0.6 is 0 Å². The quantitative estimate of drug-likeness (QED) is 0.568. The molecule has 0 atom stereocenters. The lowest BCUT2D eigenvalue weighted by molar-refractivity contribution is -0.153. The number of hydrogen-bond donors (Lipinski definition) is 0. The Labute approximate surface area is 135 Å². The summed E-state index contributed by atoms with van der Waals surface area (Å²) >= 11 is 0. The topological polar surface area (TPSA) is 18.5 Å². The van der Waals surface area contributed by atoms with Crippen molar-refractivity contribution in [2.45, 2.75) is 26.2 Å². The molecular weight excluding hydrogens is 338 g/mol. The van der Waals surface area contributed by atoms with Crippen molar-refractivity contribution in [1.29, 1.82) is 0 Å². The lowest BCUT2D eigenvalue weighted by atomic mass is 10.2. The van der Waals surface area contributed by atoms with Crippen molar-refractivity contribution in [2.24, 2.45) is 0 Å². The Balaban J connectivity index is 3.06. The standard InChI is InChI=1S/C16H14F6O2/c1-3-11(2)4-5-12-6-13(23-9-15(17,18)19)8-14(7-12)24-10-16(20,21)22/h3,6-8H,9-10H2,1-2H3. The minimum absolute atomic E-state index is 0.174. The van der Waals surface area contributed by atoms with Gasteiger partial charge >= 0.3 is 12.4 Å². The fourth-order valence-corrected chi connectivity index (χ4v) is 1.38.